The number of benzene rings is 4. The number of aliphatic imine (C=N–C) groups is 2. The van der Waals surface area contributed by atoms with E-state index in [0.29, 0.717) is 87.4 Å². The summed E-state index contributed by atoms with van der Waals surface area (Å²) in [6.07, 6.45) is 1.53. The second-order valence-corrected chi connectivity index (χ2v) is 18.6. The highest BCUT2D eigenvalue weighted by molar-refractivity contribution is 6.61. The lowest BCUT2D eigenvalue weighted by Crippen LogP contribution is -2.46. The minimum atomic E-state index is -2.68. The van der Waals surface area contributed by atoms with Gasteiger partial charge in [-0.15, -0.1) is 0 Å². The van der Waals surface area contributed by atoms with E-state index in [4.69, 9.17) is 46.0 Å². The van der Waals surface area contributed by atoms with Crippen LogP contribution < -0.4 is 9.47 Å². The van der Waals surface area contributed by atoms with E-state index < -0.39 is 17.6 Å². The zero-order chi connectivity index (χ0) is 43.6. The van der Waals surface area contributed by atoms with Crippen LogP contribution in [0.5, 0.6) is 23.0 Å². The summed E-state index contributed by atoms with van der Waals surface area (Å²) in [5.74, 6) is 1.48. The van der Waals surface area contributed by atoms with Crippen molar-refractivity contribution in [2.75, 3.05) is 67.0 Å². The Morgan fingerprint density at radius 2 is 0.783 bits per heavy atom. The number of phenolic OH excluding ortho intramolecular Hbond substituents is 2. The Labute approximate surface area is 359 Å². The van der Waals surface area contributed by atoms with Crippen LogP contribution in [-0.4, -0.2) is 106 Å². The first kappa shape index (κ1) is 50.0. The molecule has 0 aliphatic rings. The molecule has 4 rings (SSSR count). The highest BCUT2D eigenvalue weighted by Gasteiger charge is 2.40. The predicted octanol–water partition coefficient (Wildman–Crippen LogP) is 9.35. The summed E-state index contributed by atoms with van der Waals surface area (Å²) >= 11 is 0. The van der Waals surface area contributed by atoms with Crippen molar-refractivity contribution in [2.24, 2.45) is 9.98 Å². The lowest BCUT2D eigenvalue weighted by Gasteiger charge is -2.28. The second kappa shape index (κ2) is 27.5. The van der Waals surface area contributed by atoms with Crippen molar-refractivity contribution < 1.29 is 46.2 Å². The molecular formula is C46H66N2O10Si2. The summed E-state index contributed by atoms with van der Waals surface area (Å²) in [5, 5.41) is 21.1. The molecule has 0 radical (unpaired) electrons. The van der Waals surface area contributed by atoms with Crippen LogP contribution in [0, 0.1) is 0 Å². The first-order chi connectivity index (χ1) is 29.2. The smallest absolute Gasteiger partial charge is 0.500 e. The SMILES string of the molecule is CCO[Si](CCCN=C(c1ccccc1)c1ccc(OC)cc1O)(OCC)OCC.CCO[Si](CCCN=C(c1ccccc1)c1ccc(OC)cc1O)(OCC)OCC. The fourth-order valence-corrected chi connectivity index (χ4v) is 11.7. The van der Waals surface area contributed by atoms with Crippen molar-refractivity contribution in [2.45, 2.75) is 66.5 Å². The Morgan fingerprint density at radius 3 is 1.05 bits per heavy atom. The van der Waals surface area contributed by atoms with Gasteiger partial charge in [0.1, 0.15) is 23.0 Å². The lowest BCUT2D eigenvalue weighted by atomic mass is 10.0. The van der Waals surface area contributed by atoms with Gasteiger partial charge in [0.25, 0.3) is 0 Å². The molecule has 0 fully saturated rings. The Bertz CT molecular complexity index is 1700. The second-order valence-electron chi connectivity index (χ2n) is 13.1. The van der Waals surface area contributed by atoms with Crippen LogP contribution in [0.4, 0.5) is 0 Å². The molecule has 0 amide bonds. The minimum Gasteiger partial charge on any atom is -0.507 e. The first-order valence-electron chi connectivity index (χ1n) is 21.0. The standard InChI is InChI=1S/2C23H33NO5Si/c2*1-5-27-30(28-6-2,29-7-3)17-11-16-24-23(19-12-9-8-10-13-19)21-15-14-20(26-4)18-22(21)25/h2*8-10,12-15,18,25H,5-7,11,16-17H2,1-4H3. The number of hydrogen-bond acceptors (Lipinski definition) is 12. The van der Waals surface area contributed by atoms with Gasteiger partial charge < -0.3 is 46.2 Å². The molecule has 60 heavy (non-hydrogen) atoms. The average molecular weight is 863 g/mol. The van der Waals surface area contributed by atoms with Crippen LogP contribution in [0.25, 0.3) is 0 Å². The van der Waals surface area contributed by atoms with Gasteiger partial charge in [-0.25, -0.2) is 0 Å². The van der Waals surface area contributed by atoms with Crippen LogP contribution in [0.2, 0.25) is 12.1 Å². The van der Waals surface area contributed by atoms with E-state index in [1.807, 2.05) is 126 Å². The maximum atomic E-state index is 10.5. The van der Waals surface area contributed by atoms with Crippen molar-refractivity contribution >= 4 is 29.0 Å². The van der Waals surface area contributed by atoms with Crippen LogP contribution >= 0.6 is 0 Å². The zero-order valence-electron chi connectivity index (χ0n) is 36.8. The number of ether oxygens (including phenoxy) is 2. The lowest BCUT2D eigenvalue weighted by molar-refractivity contribution is 0.0702. The van der Waals surface area contributed by atoms with Gasteiger partial charge >= 0.3 is 17.6 Å². The third-order valence-electron chi connectivity index (χ3n) is 9.02. The summed E-state index contributed by atoms with van der Waals surface area (Å²) in [4.78, 5) is 9.67. The Kier molecular flexibility index (Phi) is 22.9. The van der Waals surface area contributed by atoms with Crippen molar-refractivity contribution in [3.63, 3.8) is 0 Å². The van der Waals surface area contributed by atoms with Crippen molar-refractivity contribution in [1.29, 1.82) is 0 Å². The van der Waals surface area contributed by atoms with Gasteiger partial charge in [0, 0.05) is 99.2 Å². The van der Waals surface area contributed by atoms with Gasteiger partial charge in [-0.05, 0) is 78.6 Å². The molecule has 0 saturated heterocycles. The first-order valence-corrected chi connectivity index (χ1v) is 24.8. The number of phenols is 2. The van der Waals surface area contributed by atoms with Gasteiger partial charge in [0.15, 0.2) is 0 Å². The Hall–Kier alpha value is -4.39. The fraction of sp³-hybridized carbons (Fsp3) is 0.435. The van der Waals surface area contributed by atoms with Crippen molar-refractivity contribution in [3.05, 3.63) is 119 Å². The molecule has 2 N–H and O–H groups in total. The van der Waals surface area contributed by atoms with Crippen LogP contribution in [-0.2, 0) is 26.6 Å². The molecule has 0 bridgehead atoms. The third-order valence-corrected chi connectivity index (χ3v) is 15.3. The van der Waals surface area contributed by atoms with E-state index in [1.54, 1.807) is 26.4 Å². The highest BCUT2D eigenvalue weighted by atomic mass is 28.4. The van der Waals surface area contributed by atoms with Gasteiger partial charge in [-0.1, -0.05) is 60.7 Å². The normalized spacial score (nSPS) is 12.2. The Morgan fingerprint density at radius 1 is 0.467 bits per heavy atom. The fourth-order valence-electron chi connectivity index (χ4n) is 6.51. The zero-order valence-corrected chi connectivity index (χ0v) is 38.8. The Balaban J connectivity index is 0.000000320. The quantitative estimate of drug-likeness (QED) is 0.0357. The predicted molar refractivity (Wildman–Crippen MR) is 243 cm³/mol. The summed E-state index contributed by atoms with van der Waals surface area (Å²) in [5.41, 5.74) is 4.72. The molecule has 0 atom stereocenters. The number of methoxy groups -OCH3 is 2. The summed E-state index contributed by atoms with van der Waals surface area (Å²) < 4.78 is 45.9. The molecule has 0 heterocycles. The van der Waals surface area contributed by atoms with E-state index in [0.717, 1.165) is 35.4 Å². The molecule has 0 spiro atoms. The van der Waals surface area contributed by atoms with E-state index in [-0.39, 0.29) is 11.5 Å². The molecule has 4 aromatic rings. The summed E-state index contributed by atoms with van der Waals surface area (Å²) in [6, 6.07) is 31.6. The number of nitrogens with zero attached hydrogens (tertiary/aromatic N) is 2. The molecular weight excluding hydrogens is 797 g/mol. The maximum absolute atomic E-state index is 10.5. The third kappa shape index (κ3) is 15.6. The topological polar surface area (TPSA) is 139 Å². The molecule has 14 heteroatoms. The molecule has 0 aromatic heterocycles. The molecule has 0 unspecified atom stereocenters. The maximum Gasteiger partial charge on any atom is 0.500 e. The van der Waals surface area contributed by atoms with Crippen LogP contribution in [0.15, 0.2) is 107 Å². The van der Waals surface area contributed by atoms with E-state index in [2.05, 4.69) is 0 Å². The van der Waals surface area contributed by atoms with Gasteiger partial charge in [0.2, 0.25) is 0 Å². The minimum absolute atomic E-state index is 0.138. The molecule has 328 valence electrons. The molecule has 0 saturated carbocycles. The number of rotatable bonds is 26. The highest BCUT2D eigenvalue weighted by Crippen LogP contribution is 2.28. The number of aromatic hydroxyl groups is 2. The van der Waals surface area contributed by atoms with E-state index >= 15 is 0 Å². The van der Waals surface area contributed by atoms with E-state index in [1.165, 1.54) is 0 Å². The monoisotopic (exact) mass is 862 g/mol. The van der Waals surface area contributed by atoms with Gasteiger partial charge in [0.05, 0.1) is 25.6 Å². The van der Waals surface area contributed by atoms with Crippen LogP contribution in [0.3, 0.4) is 0 Å². The molecule has 12 nitrogen and oxygen atoms in total. The van der Waals surface area contributed by atoms with Crippen molar-refractivity contribution in [1.82, 2.24) is 0 Å². The molecule has 0 aliphatic heterocycles. The van der Waals surface area contributed by atoms with E-state index in [9.17, 15) is 10.2 Å². The van der Waals surface area contributed by atoms with Gasteiger partial charge in [-0.3, -0.25) is 9.98 Å². The number of hydrogen-bond donors (Lipinski definition) is 2. The average Bonchev–Trinajstić information content (AvgIpc) is 3.25. The van der Waals surface area contributed by atoms with Crippen molar-refractivity contribution in [3.8, 4) is 23.0 Å². The van der Waals surface area contributed by atoms with Gasteiger partial charge in [-0.2, -0.15) is 0 Å². The molecule has 0 aliphatic carbocycles. The molecule has 4 aromatic carbocycles. The van der Waals surface area contributed by atoms with Crippen LogP contribution in [0.1, 0.15) is 76.6 Å². The summed E-state index contributed by atoms with van der Waals surface area (Å²) in [6.45, 7) is 16.2. The largest absolute Gasteiger partial charge is 0.507 e. The summed E-state index contributed by atoms with van der Waals surface area (Å²) in [7, 11) is -2.22.